The highest BCUT2D eigenvalue weighted by Crippen LogP contribution is 2.22. The number of nitrogens with zero attached hydrogens (tertiary/aromatic N) is 4. The van der Waals surface area contributed by atoms with Crippen molar-refractivity contribution in [3.05, 3.63) is 58.9 Å². The van der Waals surface area contributed by atoms with E-state index in [9.17, 15) is 9.59 Å². The van der Waals surface area contributed by atoms with Gasteiger partial charge in [0.1, 0.15) is 6.54 Å². The number of rotatable bonds is 2. The van der Waals surface area contributed by atoms with E-state index in [0.717, 1.165) is 0 Å². The zero-order valence-corrected chi connectivity index (χ0v) is 14.3. The van der Waals surface area contributed by atoms with Crippen molar-refractivity contribution >= 4 is 29.1 Å². The van der Waals surface area contributed by atoms with E-state index < -0.39 is 0 Å². The highest BCUT2D eigenvalue weighted by atomic mass is 35.5. The number of aromatic nitrogens is 1. The van der Waals surface area contributed by atoms with Crippen molar-refractivity contribution in [2.75, 3.05) is 18.0 Å². The molecule has 0 bridgehead atoms. The quantitative estimate of drug-likeness (QED) is 0.830. The summed E-state index contributed by atoms with van der Waals surface area (Å²) in [7, 11) is 0. The van der Waals surface area contributed by atoms with Gasteiger partial charge in [0, 0.05) is 30.7 Å². The van der Waals surface area contributed by atoms with Crippen LogP contribution in [-0.4, -0.2) is 40.8 Å². The molecule has 1 atom stereocenters. The lowest BCUT2D eigenvalue weighted by Gasteiger charge is -2.39. The summed E-state index contributed by atoms with van der Waals surface area (Å²) < 4.78 is 0. The molecule has 1 aliphatic rings. The minimum Gasteiger partial charge on any atom is -0.325 e. The van der Waals surface area contributed by atoms with Gasteiger partial charge >= 0.3 is 0 Å². The largest absolute Gasteiger partial charge is 0.325 e. The number of piperazine rings is 1. The van der Waals surface area contributed by atoms with Gasteiger partial charge in [0.25, 0.3) is 5.91 Å². The van der Waals surface area contributed by atoms with Crippen LogP contribution < -0.4 is 4.90 Å². The van der Waals surface area contributed by atoms with Crippen LogP contribution in [0.15, 0.2) is 42.7 Å². The summed E-state index contributed by atoms with van der Waals surface area (Å²) in [4.78, 5) is 32.3. The van der Waals surface area contributed by atoms with E-state index in [-0.39, 0.29) is 24.4 Å². The van der Waals surface area contributed by atoms with E-state index in [0.29, 0.717) is 28.4 Å². The number of nitriles is 1. The van der Waals surface area contributed by atoms with Crippen LogP contribution in [0.3, 0.4) is 0 Å². The SMILES string of the molecule is C[C@H]1CN(c2ccc(C#N)cc2)C(=O)CN1C(=O)c1cncc(Cl)c1. The van der Waals surface area contributed by atoms with Gasteiger partial charge < -0.3 is 9.80 Å². The molecular weight excluding hydrogens is 340 g/mol. The molecule has 6 nitrogen and oxygen atoms in total. The average molecular weight is 355 g/mol. The Balaban J connectivity index is 1.78. The lowest BCUT2D eigenvalue weighted by atomic mass is 10.1. The number of pyridine rings is 1. The normalized spacial score (nSPS) is 17.3. The predicted molar refractivity (Wildman–Crippen MR) is 93.3 cm³/mol. The zero-order valence-electron chi connectivity index (χ0n) is 13.5. The molecule has 2 amide bonds. The molecule has 0 radical (unpaired) electrons. The van der Waals surface area contributed by atoms with Gasteiger partial charge in [0.05, 0.1) is 22.2 Å². The molecule has 0 N–H and O–H groups in total. The molecule has 126 valence electrons. The Labute approximate surface area is 150 Å². The number of carbonyl (C=O) groups is 2. The molecule has 1 aliphatic heterocycles. The molecule has 1 aromatic heterocycles. The van der Waals surface area contributed by atoms with E-state index in [1.807, 2.05) is 13.0 Å². The summed E-state index contributed by atoms with van der Waals surface area (Å²) in [6, 6.07) is 10.2. The second kappa shape index (κ2) is 6.91. The molecule has 3 rings (SSSR count). The first-order valence-electron chi connectivity index (χ1n) is 7.71. The number of halogens is 1. The molecule has 0 spiro atoms. The number of anilines is 1. The molecule has 25 heavy (non-hydrogen) atoms. The summed E-state index contributed by atoms with van der Waals surface area (Å²) in [6.45, 7) is 2.25. The molecule has 0 saturated carbocycles. The molecule has 0 aliphatic carbocycles. The smallest absolute Gasteiger partial charge is 0.256 e. The number of amides is 2. The number of carbonyl (C=O) groups excluding carboxylic acids is 2. The van der Waals surface area contributed by atoms with Gasteiger partial charge in [-0.2, -0.15) is 5.26 Å². The van der Waals surface area contributed by atoms with Gasteiger partial charge in [-0.25, -0.2) is 0 Å². The van der Waals surface area contributed by atoms with Crippen LogP contribution in [0.2, 0.25) is 5.02 Å². The lowest BCUT2D eigenvalue weighted by Crippen LogP contribution is -2.57. The maximum Gasteiger partial charge on any atom is 0.256 e. The van der Waals surface area contributed by atoms with E-state index >= 15 is 0 Å². The van der Waals surface area contributed by atoms with Crippen LogP contribution in [0, 0.1) is 11.3 Å². The first kappa shape index (κ1) is 16.9. The van der Waals surface area contributed by atoms with E-state index in [4.69, 9.17) is 16.9 Å². The van der Waals surface area contributed by atoms with Gasteiger partial charge in [-0.15, -0.1) is 0 Å². The highest BCUT2D eigenvalue weighted by molar-refractivity contribution is 6.30. The third-order valence-electron chi connectivity index (χ3n) is 4.11. The monoisotopic (exact) mass is 354 g/mol. The van der Waals surface area contributed by atoms with Crippen LogP contribution in [-0.2, 0) is 4.79 Å². The summed E-state index contributed by atoms with van der Waals surface area (Å²) in [5.74, 6) is -0.443. The standard InChI is InChI=1S/C18H15ClN4O2/c1-12-10-23(16-4-2-13(7-20)3-5-16)17(24)11-22(12)18(25)14-6-15(19)9-21-8-14/h2-6,8-9,12H,10-11H2,1H3/t12-/m0/s1. The maximum atomic E-state index is 12.7. The Morgan fingerprint density at radius 1 is 1.32 bits per heavy atom. The van der Waals surface area contributed by atoms with Crippen molar-refractivity contribution in [2.24, 2.45) is 0 Å². The van der Waals surface area contributed by atoms with Crippen LogP contribution in [0.5, 0.6) is 0 Å². The molecule has 2 heterocycles. The predicted octanol–water partition coefficient (Wildman–Crippen LogP) is 2.48. The van der Waals surface area contributed by atoms with E-state index in [2.05, 4.69) is 4.98 Å². The Bertz CT molecular complexity index is 860. The molecule has 1 aromatic carbocycles. The third kappa shape index (κ3) is 3.47. The Kier molecular flexibility index (Phi) is 4.68. The van der Waals surface area contributed by atoms with Crippen molar-refractivity contribution in [1.82, 2.24) is 9.88 Å². The fourth-order valence-electron chi connectivity index (χ4n) is 2.78. The van der Waals surface area contributed by atoms with E-state index in [1.54, 1.807) is 35.2 Å². The number of hydrogen-bond acceptors (Lipinski definition) is 4. The molecule has 0 unspecified atom stereocenters. The first-order valence-corrected chi connectivity index (χ1v) is 8.09. The van der Waals surface area contributed by atoms with Gasteiger partial charge in [-0.1, -0.05) is 11.6 Å². The fraction of sp³-hybridized carbons (Fsp3) is 0.222. The second-order valence-electron chi connectivity index (χ2n) is 5.84. The van der Waals surface area contributed by atoms with Crippen molar-refractivity contribution in [2.45, 2.75) is 13.0 Å². The topological polar surface area (TPSA) is 77.3 Å². The van der Waals surface area contributed by atoms with E-state index in [1.165, 1.54) is 17.3 Å². The Hall–Kier alpha value is -2.91. The average Bonchev–Trinajstić information content (AvgIpc) is 2.63. The lowest BCUT2D eigenvalue weighted by molar-refractivity contribution is -0.121. The second-order valence-corrected chi connectivity index (χ2v) is 6.27. The summed E-state index contributed by atoms with van der Waals surface area (Å²) in [6.07, 6.45) is 2.90. The van der Waals surface area contributed by atoms with Gasteiger partial charge in [-0.3, -0.25) is 14.6 Å². The summed E-state index contributed by atoms with van der Waals surface area (Å²) >= 11 is 5.89. The molecule has 1 saturated heterocycles. The van der Waals surface area contributed by atoms with Crippen molar-refractivity contribution < 1.29 is 9.59 Å². The number of hydrogen-bond donors (Lipinski definition) is 0. The van der Waals surface area contributed by atoms with Gasteiger partial charge in [0.2, 0.25) is 5.91 Å². The van der Waals surface area contributed by atoms with Crippen LogP contribution in [0.4, 0.5) is 5.69 Å². The zero-order chi connectivity index (χ0) is 18.0. The Morgan fingerprint density at radius 3 is 2.68 bits per heavy atom. The van der Waals surface area contributed by atoms with Crippen LogP contribution in [0.1, 0.15) is 22.8 Å². The van der Waals surface area contributed by atoms with Crippen molar-refractivity contribution in [3.63, 3.8) is 0 Å². The van der Waals surface area contributed by atoms with Crippen molar-refractivity contribution in [1.29, 1.82) is 5.26 Å². The van der Waals surface area contributed by atoms with Crippen LogP contribution in [0.25, 0.3) is 0 Å². The minimum absolute atomic E-state index is 0.0213. The molecular formula is C18H15ClN4O2. The Morgan fingerprint density at radius 2 is 2.04 bits per heavy atom. The van der Waals surface area contributed by atoms with Gasteiger partial charge in [0.15, 0.2) is 0 Å². The number of benzene rings is 1. The molecule has 1 fully saturated rings. The molecule has 2 aromatic rings. The van der Waals surface area contributed by atoms with Crippen LogP contribution >= 0.6 is 11.6 Å². The molecule has 7 heteroatoms. The first-order chi connectivity index (χ1) is 12.0. The maximum absolute atomic E-state index is 12.7. The van der Waals surface area contributed by atoms with Gasteiger partial charge in [-0.05, 0) is 37.3 Å². The highest BCUT2D eigenvalue weighted by Gasteiger charge is 2.33. The third-order valence-corrected chi connectivity index (χ3v) is 4.31. The minimum atomic E-state index is -0.268. The summed E-state index contributed by atoms with van der Waals surface area (Å²) in [5.41, 5.74) is 1.61. The van der Waals surface area contributed by atoms with Crippen molar-refractivity contribution in [3.8, 4) is 6.07 Å². The fourth-order valence-corrected chi connectivity index (χ4v) is 2.96. The summed E-state index contributed by atoms with van der Waals surface area (Å²) in [5, 5.41) is 9.24.